The first-order chi connectivity index (χ1) is 7.86. The highest BCUT2D eigenvalue weighted by molar-refractivity contribution is 5.14. The molecule has 1 aromatic rings. The van der Waals surface area contributed by atoms with Crippen molar-refractivity contribution in [3.8, 4) is 6.07 Å². The van der Waals surface area contributed by atoms with Crippen molar-refractivity contribution in [2.75, 3.05) is 19.6 Å². The number of rotatable bonds is 7. The smallest absolute Gasteiger partial charge is 0.0635 e. The fourth-order valence-electron chi connectivity index (χ4n) is 1.63. The average molecular weight is 217 g/mol. The molecular formula is C13H19N3. The van der Waals surface area contributed by atoms with Crippen LogP contribution in [-0.4, -0.2) is 24.5 Å². The predicted molar refractivity (Wildman–Crippen MR) is 65.6 cm³/mol. The summed E-state index contributed by atoms with van der Waals surface area (Å²) in [4.78, 5) is 2.28. The molecular weight excluding hydrogens is 198 g/mol. The number of hydrogen-bond acceptors (Lipinski definition) is 3. The summed E-state index contributed by atoms with van der Waals surface area (Å²) >= 11 is 0. The largest absolute Gasteiger partial charge is 0.330 e. The molecule has 0 radical (unpaired) electrons. The Morgan fingerprint density at radius 3 is 2.56 bits per heavy atom. The van der Waals surface area contributed by atoms with Crippen LogP contribution < -0.4 is 5.73 Å². The molecule has 0 heterocycles. The zero-order valence-electron chi connectivity index (χ0n) is 9.60. The van der Waals surface area contributed by atoms with Gasteiger partial charge in [0, 0.05) is 19.5 Å². The van der Waals surface area contributed by atoms with E-state index in [1.54, 1.807) is 0 Å². The SMILES string of the molecule is N#CCCN(CCCN)Cc1ccccc1. The number of nitrogens with zero attached hydrogens (tertiary/aromatic N) is 2. The Balaban J connectivity index is 2.46. The summed E-state index contributed by atoms with van der Waals surface area (Å²) in [6.45, 7) is 3.40. The van der Waals surface area contributed by atoms with Crippen LogP contribution in [0.15, 0.2) is 30.3 Å². The first-order valence-corrected chi connectivity index (χ1v) is 5.70. The Labute approximate surface area is 97.5 Å². The predicted octanol–water partition coefficient (Wildman–Crippen LogP) is 1.75. The summed E-state index contributed by atoms with van der Waals surface area (Å²) in [6, 6.07) is 12.5. The number of benzene rings is 1. The molecule has 86 valence electrons. The van der Waals surface area contributed by atoms with Crippen LogP contribution in [0, 0.1) is 11.3 Å². The highest BCUT2D eigenvalue weighted by Crippen LogP contribution is 2.05. The lowest BCUT2D eigenvalue weighted by Crippen LogP contribution is -2.26. The summed E-state index contributed by atoms with van der Waals surface area (Å²) in [7, 11) is 0. The number of nitriles is 1. The quantitative estimate of drug-likeness (QED) is 0.757. The topological polar surface area (TPSA) is 53.0 Å². The van der Waals surface area contributed by atoms with E-state index in [0.717, 1.165) is 26.1 Å². The lowest BCUT2D eigenvalue weighted by molar-refractivity contribution is 0.270. The van der Waals surface area contributed by atoms with E-state index in [0.29, 0.717) is 13.0 Å². The van der Waals surface area contributed by atoms with Gasteiger partial charge < -0.3 is 5.73 Å². The minimum Gasteiger partial charge on any atom is -0.330 e. The Bertz CT molecular complexity index is 316. The van der Waals surface area contributed by atoms with E-state index in [1.807, 2.05) is 18.2 Å². The fourth-order valence-corrected chi connectivity index (χ4v) is 1.63. The maximum atomic E-state index is 8.61. The standard InChI is InChI=1S/C13H19N3/c14-8-4-10-16(11-5-9-15)12-13-6-2-1-3-7-13/h1-3,6-7H,4-5,8,10-12,14H2. The van der Waals surface area contributed by atoms with Crippen molar-refractivity contribution >= 4 is 0 Å². The van der Waals surface area contributed by atoms with Crippen molar-refractivity contribution in [3.05, 3.63) is 35.9 Å². The van der Waals surface area contributed by atoms with E-state index in [9.17, 15) is 0 Å². The summed E-state index contributed by atoms with van der Waals surface area (Å²) in [5.74, 6) is 0. The summed E-state index contributed by atoms with van der Waals surface area (Å²) in [5.41, 5.74) is 6.80. The zero-order chi connectivity index (χ0) is 11.6. The van der Waals surface area contributed by atoms with Gasteiger partial charge in [0.05, 0.1) is 6.07 Å². The van der Waals surface area contributed by atoms with Gasteiger partial charge in [-0.05, 0) is 25.1 Å². The lowest BCUT2D eigenvalue weighted by atomic mass is 10.2. The van der Waals surface area contributed by atoms with Gasteiger partial charge in [0.15, 0.2) is 0 Å². The lowest BCUT2D eigenvalue weighted by Gasteiger charge is -2.20. The molecule has 0 atom stereocenters. The van der Waals surface area contributed by atoms with E-state index in [4.69, 9.17) is 11.0 Å². The van der Waals surface area contributed by atoms with Crippen LogP contribution in [0.2, 0.25) is 0 Å². The Kier molecular flexibility index (Phi) is 6.24. The molecule has 1 aromatic carbocycles. The summed E-state index contributed by atoms with van der Waals surface area (Å²) < 4.78 is 0. The molecule has 0 saturated heterocycles. The highest BCUT2D eigenvalue weighted by Gasteiger charge is 2.04. The summed E-state index contributed by atoms with van der Waals surface area (Å²) in [5, 5.41) is 8.61. The van der Waals surface area contributed by atoms with E-state index < -0.39 is 0 Å². The molecule has 1 rings (SSSR count). The van der Waals surface area contributed by atoms with Crippen molar-refractivity contribution in [2.45, 2.75) is 19.4 Å². The van der Waals surface area contributed by atoms with Gasteiger partial charge in [0.25, 0.3) is 0 Å². The highest BCUT2D eigenvalue weighted by atomic mass is 15.1. The van der Waals surface area contributed by atoms with Gasteiger partial charge in [-0.1, -0.05) is 30.3 Å². The Morgan fingerprint density at radius 1 is 1.19 bits per heavy atom. The van der Waals surface area contributed by atoms with Crippen LogP contribution in [0.4, 0.5) is 0 Å². The number of hydrogen-bond donors (Lipinski definition) is 1. The maximum Gasteiger partial charge on any atom is 0.0635 e. The van der Waals surface area contributed by atoms with Crippen molar-refractivity contribution < 1.29 is 0 Å². The molecule has 0 saturated carbocycles. The van der Waals surface area contributed by atoms with Crippen LogP contribution in [0.25, 0.3) is 0 Å². The monoisotopic (exact) mass is 217 g/mol. The molecule has 2 N–H and O–H groups in total. The molecule has 0 aliphatic heterocycles. The third-order valence-corrected chi connectivity index (χ3v) is 2.47. The maximum absolute atomic E-state index is 8.61. The van der Waals surface area contributed by atoms with E-state index in [1.165, 1.54) is 5.56 Å². The average Bonchev–Trinajstić information content (AvgIpc) is 2.34. The molecule has 0 aromatic heterocycles. The van der Waals surface area contributed by atoms with Gasteiger partial charge in [0.1, 0.15) is 0 Å². The number of nitrogens with two attached hydrogens (primary N) is 1. The van der Waals surface area contributed by atoms with Crippen molar-refractivity contribution in [2.24, 2.45) is 5.73 Å². The minimum atomic E-state index is 0.581. The molecule has 0 aliphatic carbocycles. The van der Waals surface area contributed by atoms with Crippen LogP contribution in [0.5, 0.6) is 0 Å². The van der Waals surface area contributed by atoms with Crippen molar-refractivity contribution in [1.82, 2.24) is 4.90 Å². The van der Waals surface area contributed by atoms with Crippen LogP contribution >= 0.6 is 0 Å². The third kappa shape index (κ3) is 4.92. The molecule has 0 bridgehead atoms. The van der Waals surface area contributed by atoms with E-state index in [-0.39, 0.29) is 0 Å². The van der Waals surface area contributed by atoms with Crippen molar-refractivity contribution in [3.63, 3.8) is 0 Å². The molecule has 3 heteroatoms. The zero-order valence-corrected chi connectivity index (χ0v) is 9.60. The second-order valence-electron chi connectivity index (χ2n) is 3.81. The van der Waals surface area contributed by atoms with Crippen LogP contribution in [-0.2, 0) is 6.54 Å². The molecule has 3 nitrogen and oxygen atoms in total. The van der Waals surface area contributed by atoms with Gasteiger partial charge in [-0.15, -0.1) is 0 Å². The minimum absolute atomic E-state index is 0.581. The van der Waals surface area contributed by atoms with Crippen LogP contribution in [0.3, 0.4) is 0 Å². The molecule has 0 spiro atoms. The molecule has 0 unspecified atom stereocenters. The van der Waals surface area contributed by atoms with Gasteiger partial charge in [0.2, 0.25) is 0 Å². The second kappa shape index (κ2) is 7.86. The summed E-state index contributed by atoms with van der Waals surface area (Å²) in [6.07, 6.45) is 1.57. The van der Waals surface area contributed by atoms with E-state index in [2.05, 4.69) is 23.1 Å². The second-order valence-corrected chi connectivity index (χ2v) is 3.81. The van der Waals surface area contributed by atoms with Gasteiger partial charge in [-0.25, -0.2) is 0 Å². The van der Waals surface area contributed by atoms with Crippen molar-refractivity contribution in [1.29, 1.82) is 5.26 Å². The molecule has 0 amide bonds. The van der Waals surface area contributed by atoms with Gasteiger partial charge >= 0.3 is 0 Å². The van der Waals surface area contributed by atoms with Crippen LogP contribution in [0.1, 0.15) is 18.4 Å². The van der Waals surface area contributed by atoms with Gasteiger partial charge in [-0.2, -0.15) is 5.26 Å². The first-order valence-electron chi connectivity index (χ1n) is 5.70. The van der Waals surface area contributed by atoms with Gasteiger partial charge in [-0.3, -0.25) is 4.90 Å². The third-order valence-electron chi connectivity index (χ3n) is 2.47. The molecule has 0 aliphatic rings. The fraction of sp³-hybridized carbons (Fsp3) is 0.462. The molecule has 0 fully saturated rings. The molecule has 16 heavy (non-hydrogen) atoms. The first kappa shape index (κ1) is 12.7. The Hall–Kier alpha value is -1.37. The Morgan fingerprint density at radius 2 is 1.94 bits per heavy atom. The van der Waals surface area contributed by atoms with E-state index >= 15 is 0 Å². The normalized spacial score (nSPS) is 10.3.